The first-order chi connectivity index (χ1) is 11.3. The molecule has 0 saturated carbocycles. The van der Waals surface area contributed by atoms with Crippen LogP contribution in [0.4, 0.5) is 0 Å². The summed E-state index contributed by atoms with van der Waals surface area (Å²) in [4.78, 5) is 0. The van der Waals surface area contributed by atoms with Crippen LogP contribution in [0, 0.1) is 20.9 Å². The predicted octanol–water partition coefficient (Wildman–Crippen LogP) is 7.67. The summed E-state index contributed by atoms with van der Waals surface area (Å²) < 4.78 is 0. The van der Waals surface area contributed by atoms with Gasteiger partial charge in [-0.3, -0.25) is 6.08 Å². The van der Waals surface area contributed by atoms with Crippen LogP contribution in [0.3, 0.4) is 0 Å². The summed E-state index contributed by atoms with van der Waals surface area (Å²) >= 11 is 0. The zero-order chi connectivity index (χ0) is 17.5. The van der Waals surface area contributed by atoms with E-state index in [1.54, 1.807) is 0 Å². The quantitative estimate of drug-likeness (QED) is 0.202. The first-order valence-corrected chi connectivity index (χ1v) is 8.55. The van der Waals surface area contributed by atoms with Crippen LogP contribution in [0.2, 0.25) is 0 Å². The molecule has 0 spiro atoms. The van der Waals surface area contributed by atoms with Gasteiger partial charge in [0.25, 0.3) is 0 Å². The molecule has 0 saturated heterocycles. The first kappa shape index (κ1) is 29.0. The molecule has 1 N–H and O–H groups in total. The van der Waals surface area contributed by atoms with Crippen LogP contribution in [0.15, 0.2) is 48.5 Å². The van der Waals surface area contributed by atoms with E-state index in [4.69, 9.17) is 5.73 Å². The Kier molecular flexibility index (Phi) is 11.5. The third-order valence-corrected chi connectivity index (χ3v) is 4.23. The second-order valence-electron chi connectivity index (χ2n) is 7.65. The summed E-state index contributed by atoms with van der Waals surface area (Å²) in [5, 5.41) is 5.37. The van der Waals surface area contributed by atoms with E-state index in [2.05, 4.69) is 68.5 Å². The summed E-state index contributed by atoms with van der Waals surface area (Å²) in [6, 6.07) is 17.7. The predicted molar refractivity (Wildman–Crippen MR) is 125 cm³/mol. The summed E-state index contributed by atoms with van der Waals surface area (Å²) in [5.74, 6) is 0.422. The van der Waals surface area contributed by atoms with E-state index in [0.717, 1.165) is 0 Å². The number of hydrogen-bond donors (Lipinski definition) is 0. The standard InChI is InChI=1S/C19H15.C4H10N.2CH3.Si.Ti/c1-12-11-13(2)19-15(12)9-10-17-16-6-4-3-5-14(16)7-8-18(17)19;1-4(2,3)5;;;;/h3-10,12H,1-2H3;5H,1-3H3;2*1H3;;/q4*-1;;+4. The molecule has 4 rings (SSSR count). The Morgan fingerprint density at radius 1 is 0.857 bits per heavy atom. The van der Waals surface area contributed by atoms with Crippen molar-refractivity contribution in [2.24, 2.45) is 0 Å². The Balaban J connectivity index is 0. The van der Waals surface area contributed by atoms with Crippen LogP contribution in [0.1, 0.15) is 51.7 Å². The molecule has 144 valence electrons. The molecule has 0 fully saturated rings. The molecule has 0 aliphatic heterocycles. The molecule has 3 aromatic carbocycles. The maximum Gasteiger partial charge on any atom is 4.00 e. The summed E-state index contributed by atoms with van der Waals surface area (Å²) in [7, 11) is 0. The van der Waals surface area contributed by atoms with Crippen molar-refractivity contribution in [3.63, 3.8) is 0 Å². The van der Waals surface area contributed by atoms with Gasteiger partial charge < -0.3 is 20.6 Å². The van der Waals surface area contributed by atoms with E-state index in [1.165, 1.54) is 38.2 Å². The van der Waals surface area contributed by atoms with Gasteiger partial charge in [0.1, 0.15) is 0 Å². The molecular formula is C25H31NSiTi. The van der Waals surface area contributed by atoms with Gasteiger partial charge in [-0.25, -0.2) is 5.57 Å². The molecule has 1 aliphatic carbocycles. The monoisotopic (exact) mass is 421 g/mol. The van der Waals surface area contributed by atoms with Crippen molar-refractivity contribution in [1.29, 1.82) is 0 Å². The van der Waals surface area contributed by atoms with Crippen molar-refractivity contribution in [1.82, 2.24) is 0 Å². The van der Waals surface area contributed by atoms with Gasteiger partial charge in [-0.15, -0.1) is 11.1 Å². The van der Waals surface area contributed by atoms with Crippen LogP contribution in [0.5, 0.6) is 0 Å². The topological polar surface area (TPSA) is 23.8 Å². The van der Waals surface area contributed by atoms with Crippen LogP contribution >= 0.6 is 0 Å². The molecule has 3 aromatic rings. The molecule has 28 heavy (non-hydrogen) atoms. The smallest absolute Gasteiger partial charge is 0.673 e. The molecule has 0 heterocycles. The SMILES string of the molecule is CC(C)(C)[NH-].CC1=[C-]C(C)c2ccc3c(ccc4ccccc43)c21.[CH3-].[CH3-].[Si].[Ti+4]. The third-order valence-electron chi connectivity index (χ3n) is 4.23. The molecule has 1 unspecified atom stereocenters. The van der Waals surface area contributed by atoms with Crippen molar-refractivity contribution < 1.29 is 21.7 Å². The van der Waals surface area contributed by atoms with Gasteiger partial charge in [-0.05, 0) is 16.2 Å². The average Bonchev–Trinajstić information content (AvgIpc) is 2.80. The zero-order valence-corrected chi connectivity index (χ0v) is 20.8. The molecule has 0 amide bonds. The number of allylic oxidation sites excluding steroid dienone is 2. The Hall–Kier alpha value is -1.19. The fourth-order valence-corrected chi connectivity index (χ4v) is 3.36. The van der Waals surface area contributed by atoms with Crippen molar-refractivity contribution in [2.75, 3.05) is 0 Å². The van der Waals surface area contributed by atoms with Gasteiger partial charge >= 0.3 is 21.7 Å². The molecular weight excluding hydrogens is 390 g/mol. The van der Waals surface area contributed by atoms with Gasteiger partial charge in [0.15, 0.2) is 0 Å². The van der Waals surface area contributed by atoms with E-state index in [1.807, 2.05) is 20.8 Å². The molecule has 0 bridgehead atoms. The van der Waals surface area contributed by atoms with Gasteiger partial charge in [0.2, 0.25) is 0 Å². The molecule has 4 radical (unpaired) electrons. The number of benzene rings is 3. The Morgan fingerprint density at radius 2 is 1.39 bits per heavy atom. The molecule has 1 atom stereocenters. The fourth-order valence-electron chi connectivity index (χ4n) is 3.36. The van der Waals surface area contributed by atoms with Gasteiger partial charge in [-0.2, -0.15) is 5.56 Å². The summed E-state index contributed by atoms with van der Waals surface area (Å²) in [6.07, 6.45) is 3.54. The maximum absolute atomic E-state index is 6.94. The van der Waals surface area contributed by atoms with Crippen molar-refractivity contribution in [2.45, 2.75) is 46.1 Å². The van der Waals surface area contributed by atoms with Crippen LogP contribution in [-0.4, -0.2) is 16.5 Å². The third kappa shape index (κ3) is 6.15. The summed E-state index contributed by atoms with van der Waals surface area (Å²) in [5.41, 5.74) is 10.8. The number of hydrogen-bond acceptors (Lipinski definition) is 0. The van der Waals surface area contributed by atoms with Crippen molar-refractivity contribution in [3.05, 3.63) is 86.3 Å². The summed E-state index contributed by atoms with van der Waals surface area (Å²) in [6.45, 7) is 9.96. The molecule has 3 heteroatoms. The van der Waals surface area contributed by atoms with E-state index in [-0.39, 0.29) is 53.1 Å². The van der Waals surface area contributed by atoms with Crippen LogP contribution in [-0.2, 0) is 21.7 Å². The second kappa shape index (κ2) is 11.1. The largest absolute Gasteiger partial charge is 4.00 e. The second-order valence-corrected chi connectivity index (χ2v) is 7.65. The Morgan fingerprint density at radius 3 is 2.00 bits per heavy atom. The minimum absolute atomic E-state index is 0. The van der Waals surface area contributed by atoms with Crippen LogP contribution < -0.4 is 0 Å². The molecule has 1 nitrogen and oxygen atoms in total. The number of rotatable bonds is 0. The van der Waals surface area contributed by atoms with E-state index >= 15 is 0 Å². The minimum Gasteiger partial charge on any atom is -0.673 e. The maximum atomic E-state index is 6.94. The van der Waals surface area contributed by atoms with E-state index < -0.39 is 0 Å². The van der Waals surface area contributed by atoms with Gasteiger partial charge in [0, 0.05) is 11.0 Å². The van der Waals surface area contributed by atoms with E-state index in [0.29, 0.717) is 5.92 Å². The minimum atomic E-state index is -0.250. The average molecular weight is 421 g/mol. The molecule has 0 aromatic heterocycles. The Labute approximate surface area is 191 Å². The number of fused-ring (bicyclic) bond motifs is 5. The van der Waals surface area contributed by atoms with E-state index in [9.17, 15) is 0 Å². The van der Waals surface area contributed by atoms with Crippen molar-refractivity contribution >= 4 is 38.1 Å². The Bertz CT molecular complexity index is 932. The fraction of sp³-hybridized carbons (Fsp3) is 0.280. The normalized spacial score (nSPS) is 14.2. The number of nitrogens with one attached hydrogen (secondary N) is 1. The molecule has 1 aliphatic rings. The van der Waals surface area contributed by atoms with Gasteiger partial charge in [-0.1, -0.05) is 94.5 Å². The first-order valence-electron chi connectivity index (χ1n) is 8.55. The van der Waals surface area contributed by atoms with Gasteiger partial charge in [0.05, 0.1) is 0 Å². The van der Waals surface area contributed by atoms with Crippen molar-refractivity contribution in [3.8, 4) is 0 Å². The van der Waals surface area contributed by atoms with Crippen LogP contribution in [0.25, 0.3) is 32.9 Å². The zero-order valence-electron chi connectivity index (χ0n) is 18.2.